The Morgan fingerprint density at radius 1 is 0.707 bits per heavy atom. The van der Waals surface area contributed by atoms with Gasteiger partial charge in [0.05, 0.1) is 22.3 Å². The largest absolute Gasteiger partial charge is 0.478 e. The Balaban J connectivity index is 1.97. The Morgan fingerprint density at radius 2 is 1.15 bits per heavy atom. The van der Waals surface area contributed by atoms with Crippen LogP contribution >= 0.6 is 0 Å². The molecule has 7 nitrogen and oxygen atoms in total. The number of carbonyl (C=O) groups excluding carboxylic acids is 2. The van der Waals surface area contributed by atoms with Crippen molar-refractivity contribution in [2.24, 2.45) is 0 Å². The molecule has 0 fully saturated rings. The Hall–Kier alpha value is -4.68. The van der Waals surface area contributed by atoms with Crippen molar-refractivity contribution in [1.82, 2.24) is 0 Å². The maximum Gasteiger partial charge on any atom is 0.420 e. The van der Waals surface area contributed by atoms with Gasteiger partial charge in [0.1, 0.15) is 5.75 Å². The molecule has 3 aromatic carbocycles. The molecule has 0 spiro atoms. The van der Waals surface area contributed by atoms with E-state index in [4.69, 9.17) is 4.74 Å². The number of alkyl halides is 6. The molecule has 0 atom stereocenters. The highest BCUT2D eigenvalue weighted by molar-refractivity contribution is 6.13. The molecule has 0 bridgehead atoms. The number of carboxylic acid groups (broad SMARTS) is 2. The highest BCUT2D eigenvalue weighted by atomic mass is 19.4. The third-order valence-electron chi connectivity index (χ3n) is 5.89. The van der Waals surface area contributed by atoms with Crippen LogP contribution in [0.5, 0.6) is 11.5 Å². The fraction of sp³-hybridized carbons (Fsp3) is 0.214. The maximum atomic E-state index is 13.5. The summed E-state index contributed by atoms with van der Waals surface area (Å²) < 4.78 is 86.3. The van der Waals surface area contributed by atoms with Crippen molar-refractivity contribution < 1.29 is 60.5 Å². The van der Waals surface area contributed by atoms with E-state index in [0.29, 0.717) is 18.2 Å². The van der Waals surface area contributed by atoms with E-state index >= 15 is 0 Å². The molecule has 0 heterocycles. The minimum atomic E-state index is -5.16. The maximum absolute atomic E-state index is 13.5. The van der Waals surface area contributed by atoms with Gasteiger partial charge in [0.15, 0.2) is 17.3 Å². The quantitative estimate of drug-likeness (QED) is 0.202. The average Bonchev–Trinajstić information content (AvgIpc) is 2.87. The number of halogens is 6. The van der Waals surface area contributed by atoms with E-state index in [1.165, 1.54) is 19.1 Å². The second-order valence-electron chi connectivity index (χ2n) is 8.86. The van der Waals surface area contributed by atoms with Gasteiger partial charge in [-0.1, -0.05) is 19.1 Å². The zero-order chi connectivity index (χ0) is 30.9. The predicted octanol–water partition coefficient (Wildman–Crippen LogP) is 7.24. The molecule has 0 radical (unpaired) electrons. The molecule has 0 aliphatic carbocycles. The van der Waals surface area contributed by atoms with E-state index in [2.05, 4.69) is 0 Å². The first-order valence-corrected chi connectivity index (χ1v) is 11.7. The van der Waals surface area contributed by atoms with E-state index < -0.39 is 81.6 Å². The summed E-state index contributed by atoms with van der Waals surface area (Å²) in [7, 11) is 0. The minimum Gasteiger partial charge on any atom is -0.478 e. The number of Topliss-reactive ketones (excluding diaryl/α,β-unsaturated/α-hetero) is 2. The van der Waals surface area contributed by atoms with E-state index in [1.54, 1.807) is 0 Å². The second kappa shape index (κ2) is 11.4. The summed E-state index contributed by atoms with van der Waals surface area (Å²) in [5, 5.41) is 18.9. The number of hydrogen-bond donors (Lipinski definition) is 2. The third kappa shape index (κ3) is 6.91. The molecule has 0 unspecified atom stereocenters. The van der Waals surface area contributed by atoms with Crippen LogP contribution in [0.3, 0.4) is 0 Å². The molecule has 13 heteroatoms. The van der Waals surface area contributed by atoms with Gasteiger partial charge in [0, 0.05) is 24.0 Å². The van der Waals surface area contributed by atoms with Crippen LogP contribution in [0.25, 0.3) is 0 Å². The Kier molecular flexibility index (Phi) is 8.60. The number of carboxylic acids is 2. The molecule has 3 aromatic rings. The molecular formula is C28H20F6O7. The van der Waals surface area contributed by atoms with Gasteiger partial charge in [0.2, 0.25) is 0 Å². The van der Waals surface area contributed by atoms with Crippen molar-refractivity contribution in [2.45, 2.75) is 39.0 Å². The monoisotopic (exact) mass is 582 g/mol. The van der Waals surface area contributed by atoms with Crippen LogP contribution in [0.15, 0.2) is 48.5 Å². The van der Waals surface area contributed by atoms with Crippen LogP contribution in [-0.2, 0) is 18.8 Å². The fourth-order valence-corrected chi connectivity index (χ4v) is 3.98. The van der Waals surface area contributed by atoms with Crippen molar-refractivity contribution in [1.29, 1.82) is 0 Å². The molecule has 3 rings (SSSR count). The van der Waals surface area contributed by atoms with Gasteiger partial charge in [-0.05, 0) is 54.4 Å². The molecule has 0 aliphatic heterocycles. The number of ether oxygens (including phenoxy) is 1. The molecular weight excluding hydrogens is 562 g/mol. The lowest BCUT2D eigenvalue weighted by Gasteiger charge is -2.20. The second-order valence-corrected chi connectivity index (χ2v) is 8.86. The average molecular weight is 582 g/mol. The molecule has 2 N–H and O–H groups in total. The summed E-state index contributed by atoms with van der Waals surface area (Å²) in [4.78, 5) is 48.5. The lowest BCUT2D eigenvalue weighted by Crippen LogP contribution is -2.17. The molecule has 0 aromatic heterocycles. The first kappa shape index (κ1) is 30.9. The van der Waals surface area contributed by atoms with Gasteiger partial charge >= 0.3 is 24.3 Å². The fourth-order valence-electron chi connectivity index (χ4n) is 3.98. The van der Waals surface area contributed by atoms with Crippen molar-refractivity contribution in [3.05, 3.63) is 93.0 Å². The normalized spacial score (nSPS) is 11.7. The number of benzene rings is 3. The van der Waals surface area contributed by atoms with Crippen LogP contribution in [0.1, 0.15) is 77.0 Å². The number of aryl methyl sites for hydroxylation is 1. The number of ketones is 2. The number of rotatable bonds is 9. The van der Waals surface area contributed by atoms with Gasteiger partial charge in [-0.25, -0.2) is 9.59 Å². The molecule has 0 amide bonds. The highest BCUT2D eigenvalue weighted by Gasteiger charge is 2.42. The van der Waals surface area contributed by atoms with Crippen LogP contribution in [0, 0.1) is 6.92 Å². The third-order valence-corrected chi connectivity index (χ3v) is 5.89. The molecule has 216 valence electrons. The summed E-state index contributed by atoms with van der Waals surface area (Å²) in [5.41, 5.74) is -5.47. The highest BCUT2D eigenvalue weighted by Crippen LogP contribution is 2.46. The molecule has 0 aliphatic rings. The smallest absolute Gasteiger partial charge is 0.420 e. The lowest BCUT2D eigenvalue weighted by atomic mass is 9.91. The zero-order valence-electron chi connectivity index (χ0n) is 21.2. The van der Waals surface area contributed by atoms with Crippen LogP contribution in [-0.4, -0.2) is 33.7 Å². The summed E-state index contributed by atoms with van der Waals surface area (Å²) >= 11 is 0. The van der Waals surface area contributed by atoms with E-state index in [-0.39, 0.29) is 23.1 Å². The SMILES string of the molecule is CCC(=O)c1cc(C(=O)Cc2ccc(Oc3c(C(F)(F)F)cc(C)cc3C(F)(F)F)cc2)c(C(=O)O)cc1C(=O)O. The summed E-state index contributed by atoms with van der Waals surface area (Å²) in [6, 6.07) is 7.03. The number of carbonyl (C=O) groups is 4. The van der Waals surface area contributed by atoms with Crippen molar-refractivity contribution in [3.63, 3.8) is 0 Å². The predicted molar refractivity (Wildman–Crippen MR) is 131 cm³/mol. The van der Waals surface area contributed by atoms with Crippen molar-refractivity contribution >= 4 is 23.5 Å². The van der Waals surface area contributed by atoms with Crippen molar-refractivity contribution in [3.8, 4) is 11.5 Å². The summed E-state index contributed by atoms with van der Waals surface area (Å²) in [6.45, 7) is 2.52. The van der Waals surface area contributed by atoms with Gasteiger partial charge < -0.3 is 14.9 Å². The first-order valence-electron chi connectivity index (χ1n) is 11.7. The first-order chi connectivity index (χ1) is 18.9. The van der Waals surface area contributed by atoms with Crippen LogP contribution in [0.2, 0.25) is 0 Å². The Labute approximate surface area is 228 Å². The van der Waals surface area contributed by atoms with Gasteiger partial charge in [0.25, 0.3) is 0 Å². The Bertz CT molecular complexity index is 1500. The van der Waals surface area contributed by atoms with E-state index in [0.717, 1.165) is 25.1 Å². The van der Waals surface area contributed by atoms with Crippen molar-refractivity contribution in [2.75, 3.05) is 0 Å². The zero-order valence-corrected chi connectivity index (χ0v) is 21.2. The van der Waals surface area contributed by atoms with Crippen LogP contribution < -0.4 is 4.74 Å². The van der Waals surface area contributed by atoms with Gasteiger partial charge in [-0.3, -0.25) is 9.59 Å². The number of hydrogen-bond acceptors (Lipinski definition) is 5. The standard InChI is InChI=1S/C28H20F6O7/c1-3-22(35)16-11-17(19(26(39)40)12-18(16)25(37)38)23(36)10-14-4-6-15(7-5-14)41-24-20(27(29,30)31)8-13(2)9-21(24)28(32,33)34/h4-9,11-12H,3,10H2,1-2H3,(H,37,38)(H,39,40). The van der Waals surface area contributed by atoms with Crippen LogP contribution in [0.4, 0.5) is 26.3 Å². The lowest BCUT2D eigenvalue weighted by molar-refractivity contribution is -0.145. The van der Waals surface area contributed by atoms with Gasteiger partial charge in [-0.2, -0.15) is 26.3 Å². The summed E-state index contributed by atoms with van der Waals surface area (Å²) in [5.74, 6) is -6.55. The van der Waals surface area contributed by atoms with E-state index in [1.807, 2.05) is 0 Å². The Morgan fingerprint density at radius 3 is 1.56 bits per heavy atom. The summed E-state index contributed by atoms with van der Waals surface area (Å²) in [6.07, 6.45) is -11.0. The molecule has 0 saturated heterocycles. The topological polar surface area (TPSA) is 118 Å². The molecule has 0 saturated carbocycles. The molecule has 41 heavy (non-hydrogen) atoms. The van der Waals surface area contributed by atoms with Gasteiger partial charge in [-0.15, -0.1) is 0 Å². The van der Waals surface area contributed by atoms with E-state index in [9.17, 15) is 55.7 Å². The number of aromatic carboxylic acids is 2. The minimum absolute atomic E-state index is 0.130.